The summed E-state index contributed by atoms with van der Waals surface area (Å²) in [6.45, 7) is -0.836. The molecule has 3 atom stereocenters. The van der Waals surface area contributed by atoms with E-state index in [9.17, 15) is 24.3 Å². The number of aliphatic carboxylic acids is 1. The number of nitrogens with one attached hydrogen (secondary N) is 1. The number of carbonyl (C=O) groups excluding carboxylic acids is 4. The number of esters is 2. The summed E-state index contributed by atoms with van der Waals surface area (Å²) < 4.78 is 11.8. The number of nitrogens with zero attached hydrogens (tertiary/aromatic N) is 3. The van der Waals surface area contributed by atoms with E-state index in [0.29, 0.717) is 27.3 Å². The molecule has 3 heterocycles. The van der Waals surface area contributed by atoms with Crippen LogP contribution in [-0.2, 0) is 43.1 Å². The van der Waals surface area contributed by atoms with E-state index in [2.05, 4.69) is 15.5 Å². The topological polar surface area (TPSA) is 209 Å². The molecule has 7 rings (SSSR count). The maximum atomic E-state index is 15.4. The molecule has 0 bridgehead atoms. The van der Waals surface area contributed by atoms with Gasteiger partial charge in [-0.15, -0.1) is 11.3 Å². The summed E-state index contributed by atoms with van der Waals surface area (Å²) in [5.41, 5.74) is 2.47. The average molecular weight is 804 g/mol. The van der Waals surface area contributed by atoms with Crippen molar-refractivity contribution in [3.05, 3.63) is 155 Å². The van der Waals surface area contributed by atoms with Gasteiger partial charge in [0.1, 0.15) is 25.3 Å². The Morgan fingerprint density at radius 2 is 1.41 bits per heavy atom. The Hall–Kier alpha value is -6.91. The molecule has 3 unspecified atom stereocenters. The van der Waals surface area contributed by atoms with E-state index in [-0.39, 0.29) is 17.2 Å². The fourth-order valence-electron chi connectivity index (χ4n) is 7.33. The van der Waals surface area contributed by atoms with Crippen molar-refractivity contribution in [3.8, 4) is 0 Å². The molecule has 2 fully saturated rings. The highest BCUT2D eigenvalue weighted by molar-refractivity contribution is 7.13. The summed E-state index contributed by atoms with van der Waals surface area (Å²) in [5, 5.41) is 19.8. The highest BCUT2D eigenvalue weighted by Crippen LogP contribution is 2.46. The number of hydroxylamine groups is 2. The Kier molecular flexibility index (Phi) is 11.3. The number of oxime groups is 1. The van der Waals surface area contributed by atoms with Gasteiger partial charge in [0.2, 0.25) is 0 Å². The molecule has 4 aromatic carbocycles. The first-order valence-corrected chi connectivity index (χ1v) is 18.9. The number of carbonyl (C=O) groups is 5. The van der Waals surface area contributed by atoms with E-state index in [0.717, 1.165) is 11.3 Å². The largest absolute Gasteiger partial charge is 0.481 e. The van der Waals surface area contributed by atoms with Gasteiger partial charge < -0.3 is 30.5 Å². The van der Waals surface area contributed by atoms with Crippen LogP contribution < -0.4 is 11.1 Å². The monoisotopic (exact) mass is 803 g/mol. The second-order valence-corrected chi connectivity index (χ2v) is 14.4. The van der Waals surface area contributed by atoms with Gasteiger partial charge in [-0.3, -0.25) is 24.0 Å². The van der Waals surface area contributed by atoms with Crippen LogP contribution >= 0.6 is 11.3 Å². The molecule has 1 aromatic heterocycles. The van der Waals surface area contributed by atoms with Gasteiger partial charge in [-0.1, -0.05) is 126 Å². The Morgan fingerprint density at radius 3 is 1.86 bits per heavy atom. The zero-order valence-electron chi connectivity index (χ0n) is 30.9. The predicted octanol–water partition coefficient (Wildman–Crippen LogP) is 4.60. The molecule has 2 aliphatic heterocycles. The molecule has 4 N–H and O–H groups in total. The summed E-state index contributed by atoms with van der Waals surface area (Å²) in [5.74, 6) is -8.75. The summed E-state index contributed by atoms with van der Waals surface area (Å²) in [6.07, 6.45) is -1.76. The molecular formula is C42H37N5O10S. The van der Waals surface area contributed by atoms with E-state index in [1.54, 1.807) is 121 Å². The van der Waals surface area contributed by atoms with E-state index in [4.69, 9.17) is 24.9 Å². The molecule has 0 radical (unpaired) electrons. The summed E-state index contributed by atoms with van der Waals surface area (Å²) >= 11 is 1.01. The van der Waals surface area contributed by atoms with Gasteiger partial charge in [0, 0.05) is 17.7 Å². The van der Waals surface area contributed by atoms with Crippen LogP contribution in [0.5, 0.6) is 0 Å². The molecule has 0 saturated carbocycles. The minimum atomic E-state index is -2.53. The van der Waals surface area contributed by atoms with Crippen LogP contribution in [0.25, 0.3) is 0 Å². The Bertz CT molecular complexity index is 2250. The molecule has 15 nitrogen and oxygen atoms in total. The fraction of sp³-hybridized carbons (Fsp3) is 0.214. The predicted molar refractivity (Wildman–Crippen MR) is 208 cm³/mol. The van der Waals surface area contributed by atoms with Crippen molar-refractivity contribution in [2.75, 3.05) is 19.5 Å². The molecule has 2 aliphatic rings. The van der Waals surface area contributed by atoms with Crippen molar-refractivity contribution in [2.45, 2.75) is 36.1 Å². The second-order valence-electron chi connectivity index (χ2n) is 13.5. The quantitative estimate of drug-likeness (QED) is 0.0800. The third-order valence-electron chi connectivity index (χ3n) is 9.96. The van der Waals surface area contributed by atoms with Crippen molar-refractivity contribution in [2.24, 2.45) is 11.1 Å². The molecular weight excluding hydrogens is 767 g/mol. The number of nitrogen functional groups attached to an aromatic ring is 1. The molecule has 0 aliphatic carbocycles. The lowest BCUT2D eigenvalue weighted by atomic mass is 9.69. The van der Waals surface area contributed by atoms with Crippen molar-refractivity contribution in [1.29, 1.82) is 0 Å². The summed E-state index contributed by atoms with van der Waals surface area (Å²) in [4.78, 5) is 86.6. The van der Waals surface area contributed by atoms with Crippen LogP contribution in [0.15, 0.2) is 132 Å². The number of carboxylic acids is 1. The first kappa shape index (κ1) is 39.3. The standard InChI is InChI=1S/C42H37N5O10S/c1-54-46-34(30-24-58-40(43)44-30)36(49)45-41(33(37(50)51)32(26-14-6-2-7-15-26)27-16-8-3-9-17-27)25-55-47(38(41)52)42(23-22-31(48)57-42)39(53)56-35(28-18-10-4-11-19-28)29-20-12-5-13-21-29/h2-21,24,32-33,35H,22-23,25H2,1H3,(H2,43,44)(H,45,49)(H,50,51)/b46-34-. The van der Waals surface area contributed by atoms with Crippen LogP contribution in [0.1, 0.15) is 52.8 Å². The van der Waals surface area contributed by atoms with Crippen LogP contribution in [-0.4, -0.2) is 75.6 Å². The van der Waals surface area contributed by atoms with E-state index >= 15 is 4.79 Å². The zero-order chi connectivity index (χ0) is 40.9. The van der Waals surface area contributed by atoms with Crippen LogP contribution in [0.3, 0.4) is 0 Å². The number of hydrogen-bond donors (Lipinski definition) is 3. The van der Waals surface area contributed by atoms with Crippen molar-refractivity contribution in [1.82, 2.24) is 15.4 Å². The molecule has 58 heavy (non-hydrogen) atoms. The number of hydrogen-bond acceptors (Lipinski definition) is 13. The lowest BCUT2D eigenvalue weighted by molar-refractivity contribution is -0.260. The summed E-state index contributed by atoms with van der Waals surface area (Å²) in [7, 11) is 1.19. The van der Waals surface area contributed by atoms with Crippen LogP contribution in [0.2, 0.25) is 0 Å². The number of thiazole rings is 1. The normalized spacial score (nSPS) is 19.8. The molecule has 2 saturated heterocycles. The van der Waals surface area contributed by atoms with Crippen molar-refractivity contribution >= 4 is 51.9 Å². The Morgan fingerprint density at radius 1 is 0.879 bits per heavy atom. The first-order chi connectivity index (χ1) is 28.1. The number of anilines is 1. The van der Waals surface area contributed by atoms with E-state index in [1.807, 2.05) is 0 Å². The van der Waals surface area contributed by atoms with E-state index in [1.165, 1.54) is 12.5 Å². The average Bonchev–Trinajstić information content (AvgIpc) is 3.95. The number of nitrogens with two attached hydrogens (primary N) is 1. The molecule has 296 valence electrons. The van der Waals surface area contributed by atoms with Gasteiger partial charge in [-0.2, -0.15) is 5.06 Å². The zero-order valence-corrected chi connectivity index (χ0v) is 31.7. The lowest BCUT2D eigenvalue weighted by Gasteiger charge is -2.39. The smallest absolute Gasteiger partial charge is 0.376 e. The van der Waals surface area contributed by atoms with Crippen LogP contribution in [0, 0.1) is 5.92 Å². The summed E-state index contributed by atoms with van der Waals surface area (Å²) in [6, 6.07) is 34.7. The number of carboxylic acid groups (broad SMARTS) is 1. The lowest BCUT2D eigenvalue weighted by Crippen LogP contribution is -2.67. The van der Waals surface area contributed by atoms with Gasteiger partial charge in [0.15, 0.2) is 22.5 Å². The van der Waals surface area contributed by atoms with Gasteiger partial charge in [0.05, 0.1) is 6.42 Å². The minimum Gasteiger partial charge on any atom is -0.481 e. The SMILES string of the molecule is CO/N=C(\C(=O)NC1(C(C(=O)O)C(c2ccccc2)c2ccccc2)CON(C2(C(=O)OC(c3ccccc3)c3ccccc3)CCC(=O)O2)C1=O)c1csc(N)n1. The molecule has 16 heteroatoms. The molecule has 2 amide bonds. The minimum absolute atomic E-state index is 0.0209. The third-order valence-corrected chi connectivity index (χ3v) is 10.6. The Balaban J connectivity index is 1.37. The van der Waals surface area contributed by atoms with Gasteiger partial charge in [0.25, 0.3) is 11.8 Å². The second kappa shape index (κ2) is 16.7. The highest BCUT2D eigenvalue weighted by Gasteiger charge is 2.68. The van der Waals surface area contributed by atoms with Crippen LogP contribution in [0.4, 0.5) is 5.13 Å². The number of aromatic nitrogens is 1. The number of ether oxygens (including phenoxy) is 2. The number of amides is 2. The number of benzene rings is 4. The maximum absolute atomic E-state index is 15.4. The number of cyclic esters (lactones) is 1. The first-order valence-electron chi connectivity index (χ1n) is 18.1. The number of rotatable bonds is 14. The molecule has 0 spiro atoms. The fourth-order valence-corrected chi connectivity index (χ4v) is 7.88. The third kappa shape index (κ3) is 7.49. The van der Waals surface area contributed by atoms with Crippen molar-refractivity contribution < 1.29 is 48.2 Å². The van der Waals surface area contributed by atoms with Gasteiger partial charge >= 0.3 is 23.6 Å². The van der Waals surface area contributed by atoms with Gasteiger partial charge in [-0.05, 0) is 22.3 Å². The van der Waals surface area contributed by atoms with Crippen molar-refractivity contribution in [3.63, 3.8) is 0 Å². The van der Waals surface area contributed by atoms with Gasteiger partial charge in [-0.25, -0.2) is 9.78 Å². The van der Waals surface area contributed by atoms with E-state index < -0.39 is 77.7 Å². The molecule has 5 aromatic rings. The highest BCUT2D eigenvalue weighted by atomic mass is 32.1. The maximum Gasteiger partial charge on any atom is 0.376 e. The Labute approximate surface area is 335 Å².